The number of nitrogens with zero attached hydrogens (tertiary/aromatic N) is 2. The van der Waals surface area contributed by atoms with Gasteiger partial charge in [-0.1, -0.05) is 0 Å². The molecule has 0 aliphatic heterocycles. The van der Waals surface area contributed by atoms with Crippen LogP contribution in [-0.2, 0) is 4.94 Å². The molecule has 0 heterocycles. The Labute approximate surface area is 102 Å². The van der Waals surface area contributed by atoms with Gasteiger partial charge in [0.05, 0.1) is 0 Å². The van der Waals surface area contributed by atoms with Crippen molar-refractivity contribution in [3.63, 3.8) is 0 Å². The lowest BCUT2D eigenvalue weighted by atomic mass is 10.4. The highest BCUT2D eigenvalue weighted by Crippen LogP contribution is 2.50. The van der Waals surface area contributed by atoms with Crippen LogP contribution in [0.5, 0.6) is 0 Å². The Morgan fingerprint density at radius 1 is 0.833 bits per heavy atom. The second kappa shape index (κ2) is 4.81. The number of rotatable bonds is 6. The summed E-state index contributed by atoms with van der Waals surface area (Å²) in [6.07, 6.45) is 0. The van der Waals surface area contributed by atoms with Gasteiger partial charge < -0.3 is 0 Å². The smallest absolute Gasteiger partial charge is 0.248 e. The molecule has 4 nitrogen and oxygen atoms in total. The minimum atomic E-state index is -6.22. The number of hydroxylamine groups is 2. The van der Waals surface area contributed by atoms with Crippen molar-refractivity contribution in [2.45, 2.75) is 22.9 Å². The summed E-state index contributed by atoms with van der Waals surface area (Å²) in [5, 5.41) is -13.3. The van der Waals surface area contributed by atoms with Gasteiger partial charge in [0.15, 0.2) is 5.34 Å². The lowest BCUT2D eigenvalue weighted by molar-refractivity contribution is -0.466. The molecule has 0 spiro atoms. The summed E-state index contributed by atoms with van der Waals surface area (Å²) in [6.45, 7) is 0. The lowest BCUT2D eigenvalue weighted by Crippen LogP contribution is -2.63. The van der Waals surface area contributed by atoms with Gasteiger partial charge in [-0.3, -0.25) is 0 Å². The number of hydrogen-bond donors (Lipinski definition) is 0. The number of alkyl halides is 10. The monoisotopic (exact) mass is 330 g/mol. The highest BCUT2D eigenvalue weighted by atomic mass is 35.5. The molecule has 0 fully saturated rings. The average Bonchev–Trinajstić information content (AvgIpc) is 2.09. The third-order valence-electron chi connectivity index (χ3n) is 1.31. The van der Waals surface area contributed by atoms with E-state index in [-0.39, 0.29) is 0 Å². The van der Waals surface area contributed by atoms with Crippen LogP contribution in [0.4, 0.5) is 35.1 Å². The molecule has 0 bridgehead atoms. The van der Waals surface area contributed by atoms with Crippen molar-refractivity contribution in [2.75, 3.05) is 0 Å². The van der Waals surface area contributed by atoms with Crippen LogP contribution in [0, 0.1) is 4.91 Å². The van der Waals surface area contributed by atoms with Crippen molar-refractivity contribution in [1.82, 2.24) is 5.06 Å². The van der Waals surface area contributed by atoms with E-state index in [0.29, 0.717) is 0 Å². The van der Waals surface area contributed by atoms with E-state index in [4.69, 9.17) is 0 Å². The molecule has 0 aromatic carbocycles. The maximum atomic E-state index is 12.7. The van der Waals surface area contributed by atoms with Crippen LogP contribution >= 0.6 is 23.2 Å². The molecule has 0 N–H and O–H groups in total. The van der Waals surface area contributed by atoms with Crippen molar-refractivity contribution >= 4 is 23.2 Å². The zero-order valence-electron chi connectivity index (χ0n) is 7.49. The molecule has 0 saturated heterocycles. The Morgan fingerprint density at radius 3 is 1.28 bits per heavy atom. The lowest BCUT2D eigenvalue weighted by Gasteiger charge is -2.34. The summed E-state index contributed by atoms with van der Waals surface area (Å²) in [4.78, 5) is 11.9. The topological polar surface area (TPSA) is 41.9 Å². The molecule has 0 aliphatic carbocycles. The van der Waals surface area contributed by atoms with Gasteiger partial charge in [-0.25, -0.2) is 4.94 Å². The van der Waals surface area contributed by atoms with Crippen molar-refractivity contribution in [3.05, 3.63) is 4.91 Å². The van der Waals surface area contributed by atoms with Gasteiger partial charge in [-0.05, 0) is 23.2 Å². The fourth-order valence-electron chi connectivity index (χ4n) is 0.543. The van der Waals surface area contributed by atoms with Crippen molar-refractivity contribution in [1.29, 1.82) is 0 Å². The second-order valence-corrected chi connectivity index (χ2v) is 3.48. The van der Waals surface area contributed by atoms with Gasteiger partial charge >= 0.3 is 22.9 Å². The molecule has 0 atom stereocenters. The van der Waals surface area contributed by atoms with Crippen molar-refractivity contribution < 1.29 is 40.1 Å². The summed E-state index contributed by atoms with van der Waals surface area (Å²) in [7, 11) is 0. The van der Waals surface area contributed by atoms with E-state index in [9.17, 15) is 40.0 Å². The molecule has 0 amide bonds. The Hall–Kier alpha value is -0.620. The average molecular weight is 331 g/mol. The quantitative estimate of drug-likeness (QED) is 0.245. The molecule has 108 valence electrons. The largest absolute Gasteiger partial charge is 0.419 e. The molecule has 14 heteroatoms. The van der Waals surface area contributed by atoms with Gasteiger partial charge in [-0.15, -0.1) is 4.91 Å². The highest BCUT2D eigenvalue weighted by molar-refractivity contribution is 6.22. The molecule has 0 unspecified atom stereocenters. The van der Waals surface area contributed by atoms with Gasteiger partial charge in [0.1, 0.15) is 0 Å². The van der Waals surface area contributed by atoms with E-state index in [1.54, 1.807) is 0 Å². The molecule has 0 aromatic rings. The van der Waals surface area contributed by atoms with Gasteiger partial charge in [-0.2, -0.15) is 35.1 Å². The molecular weight excluding hydrogens is 331 g/mol. The molecule has 0 radical (unpaired) electrons. The van der Waals surface area contributed by atoms with Gasteiger partial charge in [0.2, 0.25) is 0 Å². The summed E-state index contributed by atoms with van der Waals surface area (Å²) in [5.74, 6) is 0. The fraction of sp³-hybridized carbons (Fsp3) is 1.00. The first kappa shape index (κ1) is 17.4. The van der Waals surface area contributed by atoms with E-state index < -0.39 is 27.9 Å². The highest BCUT2D eigenvalue weighted by Gasteiger charge is 2.75. The van der Waals surface area contributed by atoms with Crippen LogP contribution in [0.15, 0.2) is 5.34 Å². The van der Waals surface area contributed by atoms with Gasteiger partial charge in [0, 0.05) is 5.06 Å². The summed E-state index contributed by atoms with van der Waals surface area (Å²) in [5.41, 5.74) is 0. The Kier molecular flexibility index (Phi) is 4.64. The molecule has 0 aliphatic rings. The third kappa shape index (κ3) is 3.03. The van der Waals surface area contributed by atoms with Crippen molar-refractivity contribution in [3.8, 4) is 0 Å². The van der Waals surface area contributed by atoms with Crippen LogP contribution in [0.3, 0.4) is 0 Å². The van der Waals surface area contributed by atoms with E-state index in [1.165, 1.54) is 0 Å². The minimum absolute atomic E-state index is 0.928. The zero-order chi connectivity index (χ0) is 15.0. The third-order valence-corrected chi connectivity index (χ3v) is 1.76. The van der Waals surface area contributed by atoms with E-state index in [1.807, 2.05) is 0 Å². The van der Waals surface area contributed by atoms with Crippen LogP contribution < -0.4 is 0 Å². The van der Waals surface area contributed by atoms with E-state index in [0.717, 1.165) is 5.34 Å². The van der Waals surface area contributed by atoms with Crippen molar-refractivity contribution in [2.24, 2.45) is 5.34 Å². The Balaban J connectivity index is 5.67. The SMILES string of the molecule is O=NON(C(F)(F)C(F)(F)Cl)C(F)(F)C(F)(F)Cl. The predicted molar refractivity (Wildman–Crippen MR) is 40.2 cm³/mol. The zero-order valence-corrected chi connectivity index (χ0v) is 9.00. The molecule has 0 aromatic heterocycles. The van der Waals surface area contributed by atoms with Crippen LogP contribution in [0.25, 0.3) is 0 Å². The maximum Gasteiger partial charge on any atom is 0.419 e. The first-order valence-electron chi connectivity index (χ1n) is 3.38. The summed E-state index contributed by atoms with van der Waals surface area (Å²) < 4.78 is 99.1. The van der Waals surface area contributed by atoms with Crippen LogP contribution in [-0.4, -0.2) is 27.9 Å². The number of hydrogen-bond acceptors (Lipinski definition) is 4. The molecule has 0 rings (SSSR count). The standard InChI is InChI=1S/C4Cl2F8N2O2/c5-1(7,8)3(11,12)16(18-15-17)4(13,14)2(6,9)10. The molecular formula is C4Cl2F8N2O2. The Bertz CT molecular complexity index is 289. The Morgan fingerprint density at radius 2 is 1.11 bits per heavy atom. The number of halogens is 10. The van der Waals surface area contributed by atoms with E-state index in [2.05, 4.69) is 28.1 Å². The maximum absolute atomic E-state index is 12.7. The molecule has 18 heavy (non-hydrogen) atoms. The second-order valence-electron chi connectivity index (χ2n) is 2.53. The van der Waals surface area contributed by atoms with E-state index >= 15 is 0 Å². The van der Waals surface area contributed by atoms with Crippen LogP contribution in [0.2, 0.25) is 0 Å². The molecule has 0 saturated carbocycles. The predicted octanol–water partition coefficient (Wildman–Crippen LogP) is 3.75. The fourth-order valence-corrected chi connectivity index (χ4v) is 0.696. The summed E-state index contributed by atoms with van der Waals surface area (Å²) in [6, 6.07) is -12.4. The van der Waals surface area contributed by atoms with Crippen LogP contribution in [0.1, 0.15) is 0 Å². The first-order valence-corrected chi connectivity index (χ1v) is 4.14. The normalized spacial score (nSPS) is 14.8. The first-order chi connectivity index (χ1) is 7.69. The minimum Gasteiger partial charge on any atom is -0.248 e. The van der Waals surface area contributed by atoms with Gasteiger partial charge in [0.25, 0.3) is 0 Å². The summed E-state index contributed by atoms with van der Waals surface area (Å²) >= 11 is 7.48.